The van der Waals surface area contributed by atoms with Crippen LogP contribution < -0.4 is 16.6 Å². The van der Waals surface area contributed by atoms with Gasteiger partial charge in [-0.05, 0) is 46.8 Å². The minimum absolute atomic E-state index is 0.0126. The number of hydrogen-bond acceptors (Lipinski definition) is 9. The number of nitrogen functional groups attached to an aromatic ring is 1. The van der Waals surface area contributed by atoms with Crippen molar-refractivity contribution in [3.63, 3.8) is 0 Å². The smallest absolute Gasteiger partial charge is 0.410 e. The van der Waals surface area contributed by atoms with E-state index in [0.717, 1.165) is 6.07 Å². The molecule has 1 aromatic carbocycles. The fourth-order valence-electron chi connectivity index (χ4n) is 5.30. The van der Waals surface area contributed by atoms with E-state index in [1.807, 2.05) is 0 Å². The average Bonchev–Trinajstić information content (AvgIpc) is 3.29. The summed E-state index contributed by atoms with van der Waals surface area (Å²) in [6.07, 6.45) is -0.404. The molecule has 0 bridgehead atoms. The molecule has 2 aliphatic rings. The van der Waals surface area contributed by atoms with Gasteiger partial charge in [0.05, 0.1) is 22.1 Å². The number of ether oxygens (including phenoxy) is 1. The molecule has 5 rings (SSSR count). The first-order valence-corrected chi connectivity index (χ1v) is 12.9. The lowest BCUT2D eigenvalue weighted by atomic mass is 10.2. The summed E-state index contributed by atoms with van der Waals surface area (Å²) in [5, 5.41) is 12.8. The first kappa shape index (κ1) is 26.6. The van der Waals surface area contributed by atoms with Crippen LogP contribution in [0.15, 0.2) is 16.9 Å². The van der Waals surface area contributed by atoms with E-state index in [2.05, 4.69) is 26.3 Å². The molecule has 2 fully saturated rings. The highest BCUT2D eigenvalue weighted by molar-refractivity contribution is 6.35. The number of benzene rings is 1. The Bertz CT molecular complexity index is 1600. The third-order valence-electron chi connectivity index (χ3n) is 7.04. The van der Waals surface area contributed by atoms with E-state index >= 15 is 0 Å². The number of likely N-dealkylation sites (tertiary alicyclic amines) is 1. The van der Waals surface area contributed by atoms with E-state index in [0.29, 0.717) is 18.8 Å². The van der Waals surface area contributed by atoms with Crippen LogP contribution in [0.5, 0.6) is 0 Å². The van der Waals surface area contributed by atoms with Crippen LogP contribution in [0.2, 0.25) is 5.02 Å². The number of nitriles is 1. The number of fused-ring (bicyclic) bond motifs is 2. The van der Waals surface area contributed by atoms with Crippen LogP contribution in [0.25, 0.3) is 10.9 Å². The summed E-state index contributed by atoms with van der Waals surface area (Å²) in [5.74, 6) is -0.315. The van der Waals surface area contributed by atoms with Crippen LogP contribution in [0.3, 0.4) is 0 Å². The zero-order valence-electron chi connectivity index (χ0n) is 22.1. The molecule has 39 heavy (non-hydrogen) atoms. The Morgan fingerprint density at radius 1 is 1.28 bits per heavy atom. The number of carbonyl (C=O) groups excluding carboxylic acids is 1. The zero-order valence-corrected chi connectivity index (χ0v) is 22.9. The molecule has 0 radical (unpaired) electrons. The van der Waals surface area contributed by atoms with Crippen LogP contribution in [0.1, 0.15) is 56.9 Å². The minimum atomic E-state index is -0.690. The highest BCUT2D eigenvalue weighted by atomic mass is 35.5. The molecule has 1 amide bonds. The third-order valence-corrected chi connectivity index (χ3v) is 7.36. The Hall–Kier alpha value is -3.98. The predicted molar refractivity (Wildman–Crippen MR) is 143 cm³/mol. The summed E-state index contributed by atoms with van der Waals surface area (Å²) >= 11 is 6.34. The predicted octanol–water partition coefficient (Wildman–Crippen LogP) is 3.95. The number of hydrogen-bond donors (Lipinski definition) is 2. The SMILES string of the molecule is Cc1nc(N)nc(N[C@@H](C)c2nc3c(F)ccc(Cl)c3c(=O)n2C2C3CN(C(=O)OC(C)(C)C)CC32)c1C#N. The van der Waals surface area contributed by atoms with Crippen LogP contribution in [-0.2, 0) is 4.74 Å². The van der Waals surface area contributed by atoms with Gasteiger partial charge in [0.15, 0.2) is 0 Å². The number of carbonyl (C=O) groups is 1. The molecule has 1 saturated heterocycles. The Kier molecular flexibility index (Phi) is 6.37. The number of amides is 1. The van der Waals surface area contributed by atoms with Gasteiger partial charge >= 0.3 is 6.09 Å². The van der Waals surface area contributed by atoms with Gasteiger partial charge in [-0.15, -0.1) is 0 Å². The zero-order chi connectivity index (χ0) is 28.4. The minimum Gasteiger partial charge on any atom is -0.444 e. The Labute approximate surface area is 228 Å². The maximum Gasteiger partial charge on any atom is 0.410 e. The van der Waals surface area contributed by atoms with Crippen molar-refractivity contribution in [2.75, 3.05) is 24.1 Å². The number of anilines is 2. The normalized spacial score (nSPS) is 20.9. The fourth-order valence-corrected chi connectivity index (χ4v) is 5.53. The van der Waals surface area contributed by atoms with Crippen molar-refractivity contribution in [2.45, 2.75) is 52.3 Å². The molecule has 1 aliphatic carbocycles. The Morgan fingerprint density at radius 2 is 1.95 bits per heavy atom. The van der Waals surface area contributed by atoms with Gasteiger partial charge in [0.2, 0.25) is 5.95 Å². The maximum absolute atomic E-state index is 14.9. The quantitative estimate of drug-likeness (QED) is 0.488. The van der Waals surface area contributed by atoms with Gasteiger partial charge in [-0.25, -0.2) is 19.2 Å². The molecule has 3 heterocycles. The van der Waals surface area contributed by atoms with Crippen molar-refractivity contribution in [3.05, 3.63) is 50.4 Å². The number of rotatable bonds is 4. The van der Waals surface area contributed by atoms with Crippen LogP contribution in [0, 0.1) is 35.9 Å². The van der Waals surface area contributed by atoms with Crippen LogP contribution >= 0.6 is 11.6 Å². The van der Waals surface area contributed by atoms with Crippen molar-refractivity contribution in [1.82, 2.24) is 24.4 Å². The van der Waals surface area contributed by atoms with E-state index in [9.17, 15) is 19.2 Å². The molecular weight excluding hydrogens is 527 g/mol. The van der Waals surface area contributed by atoms with Crippen molar-refractivity contribution >= 4 is 40.4 Å². The summed E-state index contributed by atoms with van der Waals surface area (Å²) < 4.78 is 21.9. The molecule has 204 valence electrons. The number of nitrogens with zero attached hydrogens (tertiary/aromatic N) is 6. The topological polar surface area (TPSA) is 152 Å². The fraction of sp³-hybridized carbons (Fsp3) is 0.462. The summed E-state index contributed by atoms with van der Waals surface area (Å²) in [5.41, 5.74) is 5.14. The van der Waals surface area contributed by atoms with E-state index in [1.165, 1.54) is 10.6 Å². The second kappa shape index (κ2) is 9.34. The molecule has 2 unspecified atom stereocenters. The highest BCUT2D eigenvalue weighted by Crippen LogP contribution is 2.55. The van der Waals surface area contributed by atoms with Gasteiger partial charge in [-0.1, -0.05) is 11.6 Å². The number of halogens is 2. The summed E-state index contributed by atoms with van der Waals surface area (Å²) in [7, 11) is 0. The number of nitrogens with one attached hydrogen (secondary N) is 1. The van der Waals surface area contributed by atoms with E-state index in [1.54, 1.807) is 39.5 Å². The molecule has 3 aromatic rings. The second-order valence-corrected chi connectivity index (χ2v) is 11.4. The van der Waals surface area contributed by atoms with Crippen LogP contribution in [-0.4, -0.2) is 49.2 Å². The standard InChI is InChI=1S/C26H28ClFN8O3/c1-11-13(8-29)21(34-24(30)32-11)31-12(2)22-33-19-17(28)7-6-16(27)18(19)23(37)36(22)20-14-9-35(10-15(14)20)25(38)39-26(3,4)5/h6-7,12,14-15,20H,9-10H2,1-5H3,(H3,30,31,32,34)/t12-,14?,15?,20?/m0/s1. The van der Waals surface area contributed by atoms with E-state index < -0.39 is 29.1 Å². The van der Waals surface area contributed by atoms with Gasteiger partial charge in [-0.3, -0.25) is 9.36 Å². The second-order valence-electron chi connectivity index (χ2n) is 11.0. The average molecular weight is 555 g/mol. The number of nitrogens with two attached hydrogens (primary N) is 1. The number of piperidine rings is 1. The first-order chi connectivity index (χ1) is 18.3. The molecular formula is C26H28ClFN8O3. The van der Waals surface area contributed by atoms with Gasteiger partial charge in [0.1, 0.15) is 40.2 Å². The molecule has 13 heteroatoms. The summed E-state index contributed by atoms with van der Waals surface area (Å²) in [6, 6.07) is 3.59. The van der Waals surface area contributed by atoms with E-state index in [4.69, 9.17) is 22.1 Å². The molecule has 1 saturated carbocycles. The molecule has 2 aromatic heterocycles. The van der Waals surface area contributed by atoms with Crippen LogP contribution in [0.4, 0.5) is 21.0 Å². The summed E-state index contributed by atoms with van der Waals surface area (Å²) in [4.78, 5) is 40.8. The number of aromatic nitrogens is 4. The lowest BCUT2D eigenvalue weighted by Gasteiger charge is -2.27. The van der Waals surface area contributed by atoms with E-state index in [-0.39, 0.29) is 57.0 Å². The summed E-state index contributed by atoms with van der Waals surface area (Å²) in [6.45, 7) is 9.60. The molecule has 11 nitrogen and oxygen atoms in total. The molecule has 3 atom stereocenters. The van der Waals surface area contributed by atoms with Crippen molar-refractivity contribution in [3.8, 4) is 6.07 Å². The van der Waals surface area contributed by atoms with Crippen molar-refractivity contribution in [2.24, 2.45) is 11.8 Å². The molecule has 1 aliphatic heterocycles. The lowest BCUT2D eigenvalue weighted by Crippen LogP contribution is -2.38. The van der Waals surface area contributed by atoms with Gasteiger partial charge in [0, 0.05) is 31.0 Å². The Balaban J connectivity index is 1.55. The largest absolute Gasteiger partial charge is 0.444 e. The van der Waals surface area contributed by atoms with Gasteiger partial charge in [0.25, 0.3) is 5.56 Å². The first-order valence-electron chi connectivity index (χ1n) is 12.5. The van der Waals surface area contributed by atoms with Crippen molar-refractivity contribution < 1.29 is 13.9 Å². The van der Waals surface area contributed by atoms with Crippen molar-refractivity contribution in [1.29, 1.82) is 5.26 Å². The third kappa shape index (κ3) is 4.71. The molecule has 3 N–H and O–H groups in total. The number of aryl methyl sites for hydroxylation is 1. The maximum atomic E-state index is 14.9. The molecule has 0 spiro atoms. The lowest BCUT2D eigenvalue weighted by molar-refractivity contribution is 0.0266. The monoisotopic (exact) mass is 554 g/mol. The highest BCUT2D eigenvalue weighted by Gasteiger charge is 2.59. The van der Waals surface area contributed by atoms with Gasteiger partial charge < -0.3 is 20.7 Å². The van der Waals surface area contributed by atoms with Gasteiger partial charge in [-0.2, -0.15) is 10.2 Å². The Morgan fingerprint density at radius 3 is 2.56 bits per heavy atom.